The van der Waals surface area contributed by atoms with E-state index in [2.05, 4.69) is 15.5 Å². The van der Waals surface area contributed by atoms with Gasteiger partial charge in [0.25, 0.3) is 0 Å². The third-order valence-electron chi connectivity index (χ3n) is 2.43. The second-order valence-electron chi connectivity index (χ2n) is 3.90. The first-order chi connectivity index (χ1) is 9.65. The molecule has 1 heterocycles. The summed E-state index contributed by atoms with van der Waals surface area (Å²) in [5.74, 6) is 0. The molecule has 7 heteroatoms. The molecule has 1 aromatic carbocycles. The van der Waals surface area contributed by atoms with E-state index in [1.165, 1.54) is 6.07 Å². The van der Waals surface area contributed by atoms with Crippen LogP contribution in [0.2, 0.25) is 10.3 Å². The van der Waals surface area contributed by atoms with Crippen molar-refractivity contribution in [3.8, 4) is 0 Å². The Kier molecular flexibility index (Phi) is 5.15. The second kappa shape index (κ2) is 7.07. The first-order valence-electron chi connectivity index (χ1n) is 5.77. The predicted octanol–water partition coefficient (Wildman–Crippen LogP) is 3.21. The van der Waals surface area contributed by atoms with Crippen LogP contribution in [-0.2, 0) is 17.9 Å². The lowest BCUT2D eigenvalue weighted by atomic mass is 10.2. The van der Waals surface area contributed by atoms with Gasteiger partial charge in [0.15, 0.2) is 10.3 Å². The zero-order valence-electron chi connectivity index (χ0n) is 10.3. The standard InChI is InChI=1S/C13H11Cl2N3O2/c14-11-6-10(12(15)18-17-11)7-16-13(19)20-8-9-4-2-1-3-5-9/h1-6H,7-8H2,(H,16,19). The summed E-state index contributed by atoms with van der Waals surface area (Å²) in [5.41, 5.74) is 1.48. The average Bonchev–Trinajstić information content (AvgIpc) is 2.47. The van der Waals surface area contributed by atoms with Gasteiger partial charge in [-0.05, 0) is 11.6 Å². The van der Waals surface area contributed by atoms with E-state index in [-0.39, 0.29) is 23.5 Å². The van der Waals surface area contributed by atoms with Crippen molar-refractivity contribution in [2.24, 2.45) is 0 Å². The molecule has 0 fully saturated rings. The zero-order chi connectivity index (χ0) is 14.4. The summed E-state index contributed by atoms with van der Waals surface area (Å²) >= 11 is 11.5. The van der Waals surface area contributed by atoms with Crippen LogP contribution < -0.4 is 5.32 Å². The maximum absolute atomic E-state index is 11.5. The summed E-state index contributed by atoms with van der Waals surface area (Å²) in [6.45, 7) is 0.372. The minimum atomic E-state index is -0.544. The van der Waals surface area contributed by atoms with Crippen LogP contribution in [0.5, 0.6) is 0 Å². The molecule has 0 spiro atoms. The summed E-state index contributed by atoms with van der Waals surface area (Å²) in [6, 6.07) is 10.9. The number of aromatic nitrogens is 2. The third-order valence-corrected chi connectivity index (χ3v) is 2.93. The number of alkyl carbamates (subject to hydrolysis) is 1. The predicted molar refractivity (Wildman–Crippen MR) is 75.5 cm³/mol. The highest BCUT2D eigenvalue weighted by Crippen LogP contribution is 2.14. The molecule has 104 valence electrons. The highest BCUT2D eigenvalue weighted by Gasteiger charge is 2.07. The molecule has 5 nitrogen and oxygen atoms in total. The molecular weight excluding hydrogens is 301 g/mol. The van der Waals surface area contributed by atoms with Gasteiger partial charge < -0.3 is 10.1 Å². The highest BCUT2D eigenvalue weighted by molar-refractivity contribution is 6.31. The van der Waals surface area contributed by atoms with Crippen LogP contribution in [0.1, 0.15) is 11.1 Å². The fourth-order valence-electron chi connectivity index (χ4n) is 1.45. The molecule has 2 rings (SSSR count). The lowest BCUT2D eigenvalue weighted by Gasteiger charge is -2.07. The molecule has 1 aromatic heterocycles. The molecule has 0 saturated carbocycles. The van der Waals surface area contributed by atoms with E-state index in [9.17, 15) is 4.79 Å². The Balaban J connectivity index is 1.82. The Morgan fingerprint density at radius 1 is 1.20 bits per heavy atom. The van der Waals surface area contributed by atoms with Crippen LogP contribution in [0.4, 0.5) is 4.79 Å². The van der Waals surface area contributed by atoms with Gasteiger partial charge in [-0.25, -0.2) is 4.79 Å². The van der Waals surface area contributed by atoms with E-state index in [4.69, 9.17) is 27.9 Å². The molecule has 2 aromatic rings. The normalized spacial score (nSPS) is 10.1. The summed E-state index contributed by atoms with van der Waals surface area (Å²) in [4.78, 5) is 11.5. The van der Waals surface area contributed by atoms with Gasteiger partial charge in [-0.2, -0.15) is 0 Å². The van der Waals surface area contributed by atoms with Gasteiger partial charge in [-0.1, -0.05) is 53.5 Å². The maximum Gasteiger partial charge on any atom is 0.407 e. The minimum Gasteiger partial charge on any atom is -0.445 e. The zero-order valence-corrected chi connectivity index (χ0v) is 11.9. The van der Waals surface area contributed by atoms with Gasteiger partial charge >= 0.3 is 6.09 Å². The van der Waals surface area contributed by atoms with Crippen LogP contribution in [0.15, 0.2) is 36.4 Å². The number of carbonyl (C=O) groups excluding carboxylic acids is 1. The third kappa shape index (κ3) is 4.36. The van der Waals surface area contributed by atoms with Crippen molar-refractivity contribution in [3.63, 3.8) is 0 Å². The van der Waals surface area contributed by atoms with Crippen LogP contribution in [-0.4, -0.2) is 16.3 Å². The summed E-state index contributed by atoms with van der Waals surface area (Å²) < 4.78 is 5.06. The van der Waals surface area contributed by atoms with Crippen LogP contribution in [0.25, 0.3) is 0 Å². The Morgan fingerprint density at radius 3 is 2.70 bits per heavy atom. The number of carbonyl (C=O) groups is 1. The van der Waals surface area contributed by atoms with Crippen LogP contribution in [0.3, 0.4) is 0 Å². The monoisotopic (exact) mass is 311 g/mol. The Labute approximate surface area is 125 Å². The van der Waals surface area contributed by atoms with Gasteiger partial charge in [0.05, 0.1) is 0 Å². The molecule has 0 aliphatic carbocycles. The molecule has 0 unspecified atom stereocenters. The van der Waals surface area contributed by atoms with Crippen LogP contribution in [0, 0.1) is 0 Å². The van der Waals surface area contributed by atoms with Gasteiger partial charge in [-0.3, -0.25) is 0 Å². The summed E-state index contributed by atoms with van der Waals surface area (Å²) in [5, 5.41) is 10.2. The summed E-state index contributed by atoms with van der Waals surface area (Å²) in [6.07, 6.45) is -0.544. The van der Waals surface area contributed by atoms with E-state index in [1.807, 2.05) is 30.3 Å². The largest absolute Gasteiger partial charge is 0.445 e. The first-order valence-corrected chi connectivity index (χ1v) is 6.53. The molecule has 1 amide bonds. The number of halogens is 2. The number of benzene rings is 1. The lowest BCUT2D eigenvalue weighted by Crippen LogP contribution is -2.24. The molecule has 1 N–H and O–H groups in total. The fourth-order valence-corrected chi connectivity index (χ4v) is 1.78. The van der Waals surface area contributed by atoms with E-state index < -0.39 is 6.09 Å². The number of nitrogens with zero attached hydrogens (tertiary/aromatic N) is 2. The van der Waals surface area contributed by atoms with Gasteiger partial charge in [0.1, 0.15) is 6.61 Å². The highest BCUT2D eigenvalue weighted by atomic mass is 35.5. The number of hydrogen-bond donors (Lipinski definition) is 1. The van der Waals surface area contributed by atoms with Crippen molar-refractivity contribution in [2.45, 2.75) is 13.2 Å². The smallest absolute Gasteiger partial charge is 0.407 e. The van der Waals surface area contributed by atoms with Crippen molar-refractivity contribution in [1.82, 2.24) is 15.5 Å². The number of amides is 1. The topological polar surface area (TPSA) is 64.1 Å². The lowest BCUT2D eigenvalue weighted by molar-refractivity contribution is 0.139. The molecule has 0 bridgehead atoms. The van der Waals surface area contributed by atoms with E-state index in [0.29, 0.717) is 5.56 Å². The Hall–Kier alpha value is -1.85. The molecule has 0 radical (unpaired) electrons. The van der Waals surface area contributed by atoms with Crippen molar-refractivity contribution < 1.29 is 9.53 Å². The Bertz CT molecular complexity index is 593. The molecule has 0 saturated heterocycles. The van der Waals surface area contributed by atoms with Gasteiger partial charge in [-0.15, -0.1) is 10.2 Å². The van der Waals surface area contributed by atoms with Gasteiger partial charge in [0, 0.05) is 12.1 Å². The molecule has 0 aliphatic heterocycles. The van der Waals surface area contributed by atoms with Gasteiger partial charge in [0.2, 0.25) is 0 Å². The quantitative estimate of drug-likeness (QED) is 0.941. The Morgan fingerprint density at radius 2 is 1.95 bits per heavy atom. The molecule has 20 heavy (non-hydrogen) atoms. The number of nitrogens with one attached hydrogen (secondary N) is 1. The number of rotatable bonds is 4. The van der Waals surface area contributed by atoms with Crippen molar-refractivity contribution in [3.05, 3.63) is 57.8 Å². The minimum absolute atomic E-state index is 0.168. The molecule has 0 aliphatic rings. The summed E-state index contributed by atoms with van der Waals surface area (Å²) in [7, 11) is 0. The number of ether oxygens (including phenoxy) is 1. The van der Waals surface area contributed by atoms with E-state index in [1.54, 1.807) is 0 Å². The molecular formula is C13H11Cl2N3O2. The van der Waals surface area contributed by atoms with Crippen molar-refractivity contribution in [2.75, 3.05) is 0 Å². The maximum atomic E-state index is 11.5. The van der Waals surface area contributed by atoms with E-state index in [0.717, 1.165) is 5.56 Å². The molecule has 0 atom stereocenters. The first kappa shape index (κ1) is 14.6. The average molecular weight is 312 g/mol. The van der Waals surface area contributed by atoms with Crippen molar-refractivity contribution in [1.29, 1.82) is 0 Å². The number of hydrogen-bond acceptors (Lipinski definition) is 4. The SMILES string of the molecule is O=C(NCc1cc(Cl)nnc1Cl)OCc1ccccc1. The second-order valence-corrected chi connectivity index (χ2v) is 4.64. The van der Waals surface area contributed by atoms with E-state index >= 15 is 0 Å². The fraction of sp³-hybridized carbons (Fsp3) is 0.154. The van der Waals surface area contributed by atoms with Crippen molar-refractivity contribution >= 4 is 29.3 Å². The van der Waals surface area contributed by atoms with Crippen LogP contribution >= 0.6 is 23.2 Å².